The second kappa shape index (κ2) is 9.81. The van der Waals surface area contributed by atoms with Gasteiger partial charge in [0.05, 0.1) is 4.34 Å². The largest absolute Gasteiger partial charge is 0.374 e. The van der Waals surface area contributed by atoms with E-state index in [0.717, 1.165) is 24.1 Å². The molecule has 0 spiro atoms. The quantitative estimate of drug-likeness (QED) is 0.572. The maximum Gasteiger partial charge on any atom is 0.309 e. The van der Waals surface area contributed by atoms with Gasteiger partial charge in [0.1, 0.15) is 6.10 Å². The second-order valence-electron chi connectivity index (χ2n) is 5.69. The van der Waals surface area contributed by atoms with Gasteiger partial charge in [-0.05, 0) is 44.2 Å². The van der Waals surface area contributed by atoms with Gasteiger partial charge in [0.25, 0.3) is 0 Å². The third-order valence-corrected chi connectivity index (χ3v) is 5.29. The van der Waals surface area contributed by atoms with E-state index in [1.54, 1.807) is 13.2 Å². The van der Waals surface area contributed by atoms with E-state index >= 15 is 0 Å². The Balaban J connectivity index is 1.70. The number of halogens is 1. The molecule has 24 heavy (non-hydrogen) atoms. The molecule has 5 nitrogen and oxygen atoms in total. The zero-order valence-corrected chi connectivity index (χ0v) is 15.3. The zero-order chi connectivity index (χ0) is 17.4. The number of methoxy groups -OCH3 is 1. The van der Waals surface area contributed by atoms with Crippen LogP contribution in [0.15, 0.2) is 23.8 Å². The summed E-state index contributed by atoms with van der Waals surface area (Å²) in [4.78, 5) is 24.6. The number of thiophene rings is 1. The molecule has 2 amide bonds. The lowest BCUT2D eigenvalue weighted by atomic mass is 9.97. The Labute approximate surface area is 151 Å². The molecule has 1 aromatic heterocycles. The molecule has 1 heterocycles. The van der Waals surface area contributed by atoms with Gasteiger partial charge in [-0.15, -0.1) is 11.3 Å². The second-order valence-corrected chi connectivity index (χ2v) is 7.44. The molecule has 2 rings (SSSR count). The van der Waals surface area contributed by atoms with E-state index < -0.39 is 11.8 Å². The molecular formula is C17H23ClN2O3S. The van der Waals surface area contributed by atoms with E-state index in [2.05, 4.69) is 16.7 Å². The number of carbonyl (C=O) groups is 2. The molecule has 0 aliphatic heterocycles. The standard InChI is InChI=1S/C17H23ClN2O3S/c1-23-13(14-7-8-15(18)24-14)11-20-17(22)16(21)19-10-9-12-5-3-2-4-6-12/h5,7-8,13H,2-4,6,9-11H2,1H3,(H,19,21)(H,20,22). The van der Waals surface area contributed by atoms with Crippen LogP contribution < -0.4 is 10.6 Å². The average Bonchev–Trinajstić information content (AvgIpc) is 3.02. The summed E-state index contributed by atoms with van der Waals surface area (Å²) in [6, 6.07) is 3.63. The van der Waals surface area contributed by atoms with Crippen molar-refractivity contribution in [2.24, 2.45) is 0 Å². The number of rotatable bonds is 7. The highest BCUT2D eigenvalue weighted by atomic mass is 35.5. The first-order chi connectivity index (χ1) is 11.6. The summed E-state index contributed by atoms with van der Waals surface area (Å²) in [7, 11) is 1.56. The van der Waals surface area contributed by atoms with Gasteiger partial charge < -0.3 is 15.4 Å². The van der Waals surface area contributed by atoms with Gasteiger partial charge in [-0.1, -0.05) is 23.3 Å². The minimum absolute atomic E-state index is 0.227. The van der Waals surface area contributed by atoms with E-state index in [9.17, 15) is 9.59 Å². The van der Waals surface area contributed by atoms with Gasteiger partial charge >= 0.3 is 11.8 Å². The minimum atomic E-state index is -0.641. The van der Waals surface area contributed by atoms with E-state index in [1.165, 1.54) is 29.8 Å². The van der Waals surface area contributed by atoms with Crippen LogP contribution in [0.2, 0.25) is 4.34 Å². The van der Waals surface area contributed by atoms with Crippen molar-refractivity contribution in [3.05, 3.63) is 33.0 Å². The Bertz CT molecular complexity index is 600. The van der Waals surface area contributed by atoms with Crippen LogP contribution in [0.3, 0.4) is 0 Å². The van der Waals surface area contributed by atoms with Crippen molar-refractivity contribution in [2.75, 3.05) is 20.2 Å². The molecule has 2 N–H and O–H groups in total. The van der Waals surface area contributed by atoms with Crippen molar-refractivity contribution in [3.8, 4) is 0 Å². The fourth-order valence-corrected chi connectivity index (χ4v) is 3.75. The SMILES string of the molecule is COC(CNC(=O)C(=O)NCCC1=CCCCC1)c1ccc(Cl)s1. The molecule has 1 aromatic rings. The van der Waals surface area contributed by atoms with Gasteiger partial charge in [-0.2, -0.15) is 0 Å². The Morgan fingerprint density at radius 1 is 1.29 bits per heavy atom. The normalized spacial score (nSPS) is 15.5. The van der Waals surface area contributed by atoms with Gasteiger partial charge in [0, 0.05) is 25.1 Å². The Kier molecular flexibility index (Phi) is 7.75. The predicted molar refractivity (Wildman–Crippen MR) is 96.3 cm³/mol. The zero-order valence-electron chi connectivity index (χ0n) is 13.8. The number of carbonyl (C=O) groups excluding carboxylic acids is 2. The summed E-state index contributed by atoms with van der Waals surface area (Å²) in [6.45, 7) is 0.719. The average molecular weight is 371 g/mol. The van der Waals surface area contributed by atoms with Crippen molar-refractivity contribution >= 4 is 34.8 Å². The molecule has 0 fully saturated rings. The van der Waals surface area contributed by atoms with Gasteiger partial charge in [0.2, 0.25) is 0 Å². The van der Waals surface area contributed by atoms with Crippen molar-refractivity contribution in [3.63, 3.8) is 0 Å². The smallest absolute Gasteiger partial charge is 0.309 e. The number of ether oxygens (including phenoxy) is 1. The van der Waals surface area contributed by atoms with Crippen molar-refractivity contribution < 1.29 is 14.3 Å². The minimum Gasteiger partial charge on any atom is -0.374 e. The van der Waals surface area contributed by atoms with Crippen molar-refractivity contribution in [2.45, 2.75) is 38.2 Å². The first-order valence-electron chi connectivity index (χ1n) is 8.12. The van der Waals surface area contributed by atoms with E-state index in [1.807, 2.05) is 6.07 Å². The molecular weight excluding hydrogens is 348 g/mol. The Hall–Kier alpha value is -1.37. The Morgan fingerprint density at radius 3 is 2.71 bits per heavy atom. The third kappa shape index (κ3) is 5.92. The first-order valence-corrected chi connectivity index (χ1v) is 9.31. The molecule has 1 aliphatic rings. The van der Waals surface area contributed by atoms with Crippen LogP contribution in [-0.2, 0) is 14.3 Å². The van der Waals surface area contributed by atoms with Crippen LogP contribution in [0.4, 0.5) is 0 Å². The summed E-state index contributed by atoms with van der Waals surface area (Å²) in [5.41, 5.74) is 1.37. The molecule has 1 atom stereocenters. The van der Waals surface area contributed by atoms with Crippen LogP contribution in [0.1, 0.15) is 43.1 Å². The fourth-order valence-electron chi connectivity index (χ4n) is 2.62. The highest BCUT2D eigenvalue weighted by Gasteiger charge is 2.18. The topological polar surface area (TPSA) is 67.4 Å². The molecule has 132 valence electrons. The summed E-state index contributed by atoms with van der Waals surface area (Å²) in [5.74, 6) is -1.25. The van der Waals surface area contributed by atoms with Crippen LogP contribution in [0, 0.1) is 0 Å². The molecule has 0 saturated heterocycles. The maximum absolute atomic E-state index is 11.9. The highest BCUT2D eigenvalue weighted by Crippen LogP contribution is 2.28. The van der Waals surface area contributed by atoms with E-state index in [0.29, 0.717) is 10.9 Å². The number of amides is 2. The lowest BCUT2D eigenvalue weighted by Crippen LogP contribution is -2.41. The highest BCUT2D eigenvalue weighted by molar-refractivity contribution is 7.16. The summed E-state index contributed by atoms with van der Waals surface area (Å²) in [5, 5.41) is 5.27. The molecule has 0 saturated carbocycles. The van der Waals surface area contributed by atoms with Crippen LogP contribution in [0.5, 0.6) is 0 Å². The maximum atomic E-state index is 11.9. The van der Waals surface area contributed by atoms with Crippen molar-refractivity contribution in [1.29, 1.82) is 0 Å². The third-order valence-electron chi connectivity index (χ3n) is 3.97. The summed E-state index contributed by atoms with van der Waals surface area (Å²) < 4.78 is 6.00. The monoisotopic (exact) mass is 370 g/mol. The molecule has 7 heteroatoms. The first kappa shape index (κ1) is 19.0. The molecule has 1 unspecified atom stereocenters. The van der Waals surface area contributed by atoms with Crippen LogP contribution >= 0.6 is 22.9 Å². The van der Waals surface area contributed by atoms with E-state index in [4.69, 9.17) is 16.3 Å². The molecule has 0 aromatic carbocycles. The summed E-state index contributed by atoms with van der Waals surface area (Å²) >= 11 is 7.30. The Morgan fingerprint density at radius 2 is 2.08 bits per heavy atom. The number of hydrogen-bond acceptors (Lipinski definition) is 4. The lowest BCUT2D eigenvalue weighted by Gasteiger charge is -2.15. The molecule has 0 radical (unpaired) electrons. The number of allylic oxidation sites excluding steroid dienone is 1. The molecule has 1 aliphatic carbocycles. The van der Waals surface area contributed by atoms with Gasteiger partial charge in [-0.3, -0.25) is 9.59 Å². The van der Waals surface area contributed by atoms with E-state index in [-0.39, 0.29) is 12.6 Å². The van der Waals surface area contributed by atoms with Gasteiger partial charge in [0.15, 0.2) is 0 Å². The fraction of sp³-hybridized carbons (Fsp3) is 0.529. The van der Waals surface area contributed by atoms with Crippen LogP contribution in [-0.4, -0.2) is 32.0 Å². The van der Waals surface area contributed by atoms with Crippen LogP contribution in [0.25, 0.3) is 0 Å². The van der Waals surface area contributed by atoms with Crippen molar-refractivity contribution in [1.82, 2.24) is 10.6 Å². The number of hydrogen-bond donors (Lipinski definition) is 2. The molecule has 0 bridgehead atoms. The van der Waals surface area contributed by atoms with Gasteiger partial charge in [-0.25, -0.2) is 0 Å². The summed E-state index contributed by atoms with van der Waals surface area (Å²) in [6.07, 6.45) is 7.42. The lowest BCUT2D eigenvalue weighted by molar-refractivity contribution is -0.139. The number of nitrogens with one attached hydrogen (secondary N) is 2. The predicted octanol–water partition coefficient (Wildman–Crippen LogP) is 3.21.